The highest BCUT2D eigenvalue weighted by Crippen LogP contribution is 2.29. The number of ether oxygens (including phenoxy) is 1. The Hall–Kier alpha value is -1.32. The molecule has 0 spiro atoms. The standard InChI is InChI=1S/C13H11Cl2NO2/c1-7-3-8(4-12(17)18-2)10-5-9(14)6-11(15)13(10)16-7/h3,5-6H,4H2,1-2H3. The molecule has 0 bridgehead atoms. The van der Waals surface area contributed by atoms with Crippen molar-refractivity contribution in [3.63, 3.8) is 0 Å². The molecule has 0 saturated heterocycles. The lowest BCUT2D eigenvalue weighted by Crippen LogP contribution is -2.06. The van der Waals surface area contributed by atoms with Gasteiger partial charge in [0.2, 0.25) is 0 Å². The molecular formula is C13H11Cl2NO2. The van der Waals surface area contributed by atoms with Crippen molar-refractivity contribution >= 4 is 40.1 Å². The maximum absolute atomic E-state index is 11.4. The second-order valence-corrected chi connectivity index (χ2v) is 4.80. The molecule has 5 heteroatoms. The van der Waals surface area contributed by atoms with Gasteiger partial charge in [-0.25, -0.2) is 0 Å². The number of aromatic nitrogens is 1. The normalized spacial score (nSPS) is 10.7. The second-order valence-electron chi connectivity index (χ2n) is 3.96. The van der Waals surface area contributed by atoms with Crippen LogP contribution in [0.1, 0.15) is 11.3 Å². The number of hydrogen-bond donors (Lipinski definition) is 0. The summed E-state index contributed by atoms with van der Waals surface area (Å²) in [7, 11) is 1.36. The van der Waals surface area contributed by atoms with Crippen LogP contribution in [0.4, 0.5) is 0 Å². The third kappa shape index (κ3) is 2.57. The van der Waals surface area contributed by atoms with Crippen molar-refractivity contribution in [2.24, 2.45) is 0 Å². The number of rotatable bonds is 2. The van der Waals surface area contributed by atoms with Crippen LogP contribution < -0.4 is 0 Å². The second kappa shape index (κ2) is 5.12. The quantitative estimate of drug-likeness (QED) is 0.791. The number of halogens is 2. The van der Waals surface area contributed by atoms with Gasteiger partial charge < -0.3 is 4.74 Å². The first-order valence-electron chi connectivity index (χ1n) is 5.33. The van der Waals surface area contributed by atoms with Gasteiger partial charge >= 0.3 is 5.97 Å². The number of pyridine rings is 1. The fourth-order valence-corrected chi connectivity index (χ4v) is 2.37. The molecule has 3 nitrogen and oxygen atoms in total. The van der Waals surface area contributed by atoms with Gasteiger partial charge in [0.15, 0.2) is 0 Å². The summed E-state index contributed by atoms with van der Waals surface area (Å²) < 4.78 is 4.68. The zero-order chi connectivity index (χ0) is 13.3. The number of carbonyl (C=O) groups excluding carboxylic acids is 1. The van der Waals surface area contributed by atoms with Crippen LogP contribution in [0.3, 0.4) is 0 Å². The van der Waals surface area contributed by atoms with Crippen molar-refractivity contribution in [1.29, 1.82) is 0 Å². The Morgan fingerprint density at radius 1 is 1.33 bits per heavy atom. The maximum Gasteiger partial charge on any atom is 0.310 e. The van der Waals surface area contributed by atoms with E-state index in [1.165, 1.54) is 7.11 Å². The van der Waals surface area contributed by atoms with Gasteiger partial charge in [0.05, 0.1) is 24.1 Å². The van der Waals surface area contributed by atoms with Crippen molar-refractivity contribution in [2.75, 3.05) is 7.11 Å². The Morgan fingerprint density at radius 3 is 2.72 bits per heavy atom. The largest absolute Gasteiger partial charge is 0.469 e. The fourth-order valence-electron chi connectivity index (χ4n) is 1.84. The molecule has 1 aromatic carbocycles. The number of carbonyl (C=O) groups is 1. The lowest BCUT2D eigenvalue weighted by atomic mass is 10.0. The number of fused-ring (bicyclic) bond motifs is 1. The molecule has 0 atom stereocenters. The van der Waals surface area contributed by atoms with Crippen molar-refractivity contribution in [3.05, 3.63) is 39.5 Å². The molecule has 1 aromatic heterocycles. The zero-order valence-electron chi connectivity index (χ0n) is 9.96. The SMILES string of the molecule is COC(=O)Cc1cc(C)nc2c(Cl)cc(Cl)cc12. The maximum atomic E-state index is 11.4. The van der Waals surface area contributed by atoms with Crippen LogP contribution in [0.25, 0.3) is 10.9 Å². The molecule has 2 rings (SSSR count). The van der Waals surface area contributed by atoms with E-state index in [0.29, 0.717) is 15.6 Å². The summed E-state index contributed by atoms with van der Waals surface area (Å²) in [6.07, 6.45) is 0.174. The van der Waals surface area contributed by atoms with Gasteiger partial charge in [-0.2, -0.15) is 0 Å². The summed E-state index contributed by atoms with van der Waals surface area (Å²) in [4.78, 5) is 15.8. The van der Waals surface area contributed by atoms with Crippen LogP contribution in [-0.2, 0) is 16.0 Å². The molecule has 0 radical (unpaired) electrons. The number of esters is 1. The first-order valence-corrected chi connectivity index (χ1v) is 6.09. The molecule has 0 aliphatic heterocycles. The molecule has 0 saturated carbocycles. The highest BCUT2D eigenvalue weighted by molar-refractivity contribution is 6.38. The Balaban J connectivity index is 2.67. The van der Waals surface area contributed by atoms with E-state index >= 15 is 0 Å². The first-order chi connectivity index (χ1) is 8.51. The van der Waals surface area contributed by atoms with Gasteiger partial charge in [-0.1, -0.05) is 23.2 Å². The molecule has 0 fully saturated rings. The highest BCUT2D eigenvalue weighted by Gasteiger charge is 2.12. The molecule has 94 valence electrons. The van der Waals surface area contributed by atoms with Gasteiger partial charge in [-0.3, -0.25) is 9.78 Å². The van der Waals surface area contributed by atoms with Gasteiger partial charge in [-0.15, -0.1) is 0 Å². The summed E-state index contributed by atoms with van der Waals surface area (Å²) in [6, 6.07) is 5.24. The molecule has 0 aliphatic carbocycles. The van der Waals surface area contributed by atoms with Crippen LogP contribution in [0, 0.1) is 6.92 Å². The minimum absolute atomic E-state index is 0.174. The smallest absolute Gasteiger partial charge is 0.310 e. The van der Waals surface area contributed by atoms with E-state index in [4.69, 9.17) is 23.2 Å². The van der Waals surface area contributed by atoms with E-state index < -0.39 is 0 Å². The monoisotopic (exact) mass is 283 g/mol. The number of methoxy groups -OCH3 is 1. The van der Waals surface area contributed by atoms with E-state index in [1.54, 1.807) is 12.1 Å². The van der Waals surface area contributed by atoms with E-state index in [0.717, 1.165) is 16.6 Å². The predicted molar refractivity (Wildman–Crippen MR) is 72.2 cm³/mol. The molecule has 0 unspecified atom stereocenters. The van der Waals surface area contributed by atoms with Crippen LogP contribution in [-0.4, -0.2) is 18.1 Å². The molecule has 2 aromatic rings. The van der Waals surface area contributed by atoms with E-state index in [2.05, 4.69) is 9.72 Å². The summed E-state index contributed by atoms with van der Waals surface area (Å²) >= 11 is 12.1. The summed E-state index contributed by atoms with van der Waals surface area (Å²) in [5.74, 6) is -0.307. The lowest BCUT2D eigenvalue weighted by Gasteiger charge is -2.08. The molecule has 1 heterocycles. The van der Waals surface area contributed by atoms with E-state index in [-0.39, 0.29) is 12.4 Å². The Bertz CT molecular complexity index is 626. The van der Waals surface area contributed by atoms with Gasteiger partial charge in [0.25, 0.3) is 0 Å². The van der Waals surface area contributed by atoms with Crippen LogP contribution >= 0.6 is 23.2 Å². The summed E-state index contributed by atoms with van der Waals surface area (Å²) in [6.45, 7) is 1.85. The minimum Gasteiger partial charge on any atom is -0.469 e. The fraction of sp³-hybridized carbons (Fsp3) is 0.231. The molecular weight excluding hydrogens is 273 g/mol. The average Bonchev–Trinajstić information content (AvgIpc) is 2.30. The van der Waals surface area contributed by atoms with Crippen molar-refractivity contribution in [3.8, 4) is 0 Å². The number of benzene rings is 1. The summed E-state index contributed by atoms with van der Waals surface area (Å²) in [5.41, 5.74) is 2.26. The summed E-state index contributed by atoms with van der Waals surface area (Å²) in [5, 5.41) is 1.78. The minimum atomic E-state index is -0.307. The number of hydrogen-bond acceptors (Lipinski definition) is 3. The van der Waals surface area contributed by atoms with Crippen molar-refractivity contribution in [2.45, 2.75) is 13.3 Å². The Labute approximate surface area is 115 Å². The molecule has 18 heavy (non-hydrogen) atoms. The van der Waals surface area contributed by atoms with Crippen LogP contribution in [0.2, 0.25) is 10.0 Å². The molecule has 0 amide bonds. The Morgan fingerprint density at radius 2 is 2.06 bits per heavy atom. The third-order valence-corrected chi connectivity index (χ3v) is 3.11. The number of nitrogens with zero attached hydrogens (tertiary/aromatic N) is 1. The Kier molecular flexibility index (Phi) is 3.73. The predicted octanol–water partition coefficient (Wildman–Crippen LogP) is 3.57. The topological polar surface area (TPSA) is 39.2 Å². The third-order valence-electron chi connectivity index (χ3n) is 2.61. The molecule has 0 aliphatic rings. The van der Waals surface area contributed by atoms with Gasteiger partial charge in [-0.05, 0) is 30.7 Å². The van der Waals surface area contributed by atoms with Gasteiger partial charge in [0, 0.05) is 16.1 Å². The molecule has 0 N–H and O–H groups in total. The average molecular weight is 284 g/mol. The van der Waals surface area contributed by atoms with Crippen molar-refractivity contribution < 1.29 is 9.53 Å². The van der Waals surface area contributed by atoms with Crippen molar-refractivity contribution in [1.82, 2.24) is 4.98 Å². The van der Waals surface area contributed by atoms with Gasteiger partial charge in [0.1, 0.15) is 0 Å². The van der Waals surface area contributed by atoms with Crippen LogP contribution in [0.15, 0.2) is 18.2 Å². The first kappa shape index (κ1) is 13.1. The lowest BCUT2D eigenvalue weighted by molar-refractivity contribution is -0.139. The van der Waals surface area contributed by atoms with E-state index in [9.17, 15) is 4.79 Å². The number of aryl methyl sites for hydroxylation is 1. The van der Waals surface area contributed by atoms with E-state index in [1.807, 2.05) is 13.0 Å². The highest BCUT2D eigenvalue weighted by atomic mass is 35.5. The zero-order valence-corrected chi connectivity index (χ0v) is 11.5. The van der Waals surface area contributed by atoms with Crippen LogP contribution in [0.5, 0.6) is 0 Å².